The van der Waals surface area contributed by atoms with Crippen LogP contribution in [0.4, 0.5) is 0 Å². The third-order valence-corrected chi connectivity index (χ3v) is 11.2. The second-order valence-electron chi connectivity index (χ2n) is 12.8. The van der Waals surface area contributed by atoms with Gasteiger partial charge in [0, 0.05) is 17.9 Å². The Morgan fingerprint density at radius 2 is 1.77 bits per heavy atom. The van der Waals surface area contributed by atoms with Crippen molar-refractivity contribution in [3.05, 3.63) is 23.3 Å². The highest BCUT2D eigenvalue weighted by atomic mass is 16.5. The number of ether oxygens (including phenoxy) is 1. The lowest BCUT2D eigenvalue weighted by molar-refractivity contribution is -0.140. The smallest absolute Gasteiger partial charge is 0.330 e. The van der Waals surface area contributed by atoms with Crippen LogP contribution < -0.4 is 0 Å². The molecule has 0 spiro atoms. The third kappa shape index (κ3) is 3.86. The Bertz CT molecular complexity index is 953. The number of carbonyl (C=O) groups excluding carboxylic acids is 2. The van der Waals surface area contributed by atoms with Gasteiger partial charge in [0.2, 0.25) is 0 Å². The zero-order valence-corrected chi connectivity index (χ0v) is 21.6. The number of rotatable bonds is 4. The minimum Gasteiger partial charge on any atom is -0.462 e. The summed E-state index contributed by atoms with van der Waals surface area (Å²) in [7, 11) is 0. The molecule has 5 aliphatic rings. The van der Waals surface area contributed by atoms with Gasteiger partial charge < -0.3 is 20.1 Å². The lowest BCUT2D eigenvalue weighted by Crippen LogP contribution is -2.54. The number of ketones is 1. The summed E-state index contributed by atoms with van der Waals surface area (Å²) < 4.78 is 5.05. The van der Waals surface area contributed by atoms with Gasteiger partial charge in [-0.05, 0) is 91.1 Å². The minimum atomic E-state index is -1.10. The van der Waals surface area contributed by atoms with Crippen LogP contribution in [0.3, 0.4) is 0 Å². The van der Waals surface area contributed by atoms with Crippen LogP contribution in [-0.4, -0.2) is 52.0 Å². The lowest BCUT2D eigenvalue weighted by Gasteiger charge is -2.57. The highest BCUT2D eigenvalue weighted by Gasteiger charge is 2.62. The molecule has 0 bridgehead atoms. The molecule has 6 nitrogen and oxygen atoms in total. The van der Waals surface area contributed by atoms with Crippen LogP contribution in [-0.2, 0) is 14.3 Å². The molecule has 6 heteroatoms. The van der Waals surface area contributed by atoms with Crippen molar-refractivity contribution in [2.24, 2.45) is 46.3 Å². The molecule has 0 radical (unpaired) electrons. The Balaban J connectivity index is 1.38. The van der Waals surface area contributed by atoms with Gasteiger partial charge in [-0.25, -0.2) is 4.79 Å². The summed E-state index contributed by atoms with van der Waals surface area (Å²) in [4.78, 5) is 25.3. The van der Waals surface area contributed by atoms with Gasteiger partial charge in [-0.2, -0.15) is 0 Å². The van der Waals surface area contributed by atoms with Crippen molar-refractivity contribution in [3.63, 3.8) is 0 Å². The van der Waals surface area contributed by atoms with Crippen molar-refractivity contribution in [1.29, 1.82) is 0 Å². The second-order valence-corrected chi connectivity index (χ2v) is 12.8. The maximum Gasteiger partial charge on any atom is 0.330 e. The van der Waals surface area contributed by atoms with Gasteiger partial charge in [0.05, 0.1) is 18.8 Å². The maximum atomic E-state index is 13.5. The molecule has 3 N–H and O–H groups in total. The number of fused-ring (bicyclic) bond motifs is 5. The molecule has 3 fully saturated rings. The normalized spacial score (nSPS) is 45.8. The summed E-state index contributed by atoms with van der Waals surface area (Å²) in [6.45, 7) is 8.77. The highest BCUT2D eigenvalue weighted by Crippen LogP contribution is 2.66. The molecule has 0 aromatic heterocycles. The zero-order chi connectivity index (χ0) is 25.3. The molecule has 5 rings (SSSR count). The Hall–Kier alpha value is -1.50. The molecule has 4 aliphatic carbocycles. The quantitative estimate of drug-likeness (QED) is 0.525. The second kappa shape index (κ2) is 8.81. The number of hydrogen-bond acceptors (Lipinski definition) is 6. The Kier molecular flexibility index (Phi) is 6.33. The van der Waals surface area contributed by atoms with Gasteiger partial charge >= 0.3 is 5.97 Å². The van der Waals surface area contributed by atoms with Gasteiger partial charge in [0.1, 0.15) is 6.10 Å². The van der Waals surface area contributed by atoms with Gasteiger partial charge in [0.25, 0.3) is 0 Å². The van der Waals surface area contributed by atoms with Crippen LogP contribution in [0.25, 0.3) is 0 Å². The molecule has 35 heavy (non-hydrogen) atoms. The van der Waals surface area contributed by atoms with Crippen LogP contribution in [0.1, 0.15) is 72.6 Å². The molecular formula is C29H42O6. The molecular weight excluding hydrogens is 444 g/mol. The minimum absolute atomic E-state index is 0.00322. The van der Waals surface area contributed by atoms with E-state index in [-0.39, 0.29) is 58.9 Å². The predicted octanol–water partition coefficient (Wildman–Crippen LogP) is 3.58. The standard InChI is InChI=1S/C29H42O6/c1-15-14-35-24(32)13-19(15)27(34)26(33)16(2)20-5-6-21-25-22(8-10-29(20,21)4)28(3)9-7-18(30)11-17(28)12-23(25)31/h12-13,15-16,18,20-22,25-27,30,33-34H,5-11,14H2,1-4H3/t15?,16-,18-,20+,21-,22-,25-,26-,27+,28-,29+/m0/s1. The molecule has 194 valence electrons. The molecule has 1 heterocycles. The number of aliphatic hydroxyl groups excluding tert-OH is 3. The molecule has 0 saturated heterocycles. The lowest BCUT2D eigenvalue weighted by atomic mass is 9.46. The summed E-state index contributed by atoms with van der Waals surface area (Å²) in [6, 6.07) is 0. The SMILES string of the molecule is CC1COC(=O)C=C1[C@@H](O)[C@@H](O)[C@@H](C)[C@H]1CC[C@H]2[C@@H]3C(=O)C=C4C[C@@H](O)CC[C@]4(C)[C@H]3CC[C@]12C. The number of esters is 1. The fourth-order valence-corrected chi connectivity index (χ4v) is 9.01. The first-order valence-corrected chi connectivity index (χ1v) is 13.6. The third-order valence-electron chi connectivity index (χ3n) is 11.2. The molecule has 0 aromatic carbocycles. The number of hydrogen-bond donors (Lipinski definition) is 3. The highest BCUT2D eigenvalue weighted by molar-refractivity contribution is 5.94. The van der Waals surface area contributed by atoms with E-state index >= 15 is 0 Å². The summed E-state index contributed by atoms with van der Waals surface area (Å²) >= 11 is 0. The largest absolute Gasteiger partial charge is 0.462 e. The van der Waals surface area contributed by atoms with Gasteiger partial charge in [-0.15, -0.1) is 0 Å². The Morgan fingerprint density at radius 1 is 1.03 bits per heavy atom. The Morgan fingerprint density at radius 3 is 2.51 bits per heavy atom. The Labute approximate surface area is 208 Å². The van der Waals surface area contributed by atoms with E-state index in [1.807, 2.05) is 19.9 Å². The van der Waals surface area contributed by atoms with E-state index in [9.17, 15) is 24.9 Å². The van der Waals surface area contributed by atoms with Gasteiger partial charge in [-0.1, -0.05) is 33.3 Å². The van der Waals surface area contributed by atoms with E-state index in [1.165, 1.54) is 6.08 Å². The monoisotopic (exact) mass is 486 g/mol. The van der Waals surface area contributed by atoms with Crippen LogP contribution in [0, 0.1) is 46.3 Å². The van der Waals surface area contributed by atoms with Crippen LogP contribution in [0.2, 0.25) is 0 Å². The van der Waals surface area contributed by atoms with Crippen molar-refractivity contribution >= 4 is 11.8 Å². The summed E-state index contributed by atoms with van der Waals surface area (Å²) in [5.74, 6) is 0.294. The van der Waals surface area contributed by atoms with Crippen molar-refractivity contribution in [2.75, 3.05) is 6.61 Å². The average molecular weight is 487 g/mol. The first-order valence-electron chi connectivity index (χ1n) is 13.6. The number of aliphatic hydroxyl groups is 3. The van der Waals surface area contributed by atoms with E-state index in [4.69, 9.17) is 4.74 Å². The molecule has 0 amide bonds. The first-order chi connectivity index (χ1) is 16.5. The average Bonchev–Trinajstić information content (AvgIpc) is 3.17. The number of carbonyl (C=O) groups is 2. The number of cyclic esters (lactones) is 1. The van der Waals surface area contributed by atoms with Crippen molar-refractivity contribution in [2.45, 2.75) is 91.0 Å². The molecule has 11 atom stereocenters. The molecule has 1 unspecified atom stereocenters. The van der Waals surface area contributed by atoms with E-state index in [0.717, 1.165) is 44.1 Å². The van der Waals surface area contributed by atoms with Crippen molar-refractivity contribution < 1.29 is 29.6 Å². The van der Waals surface area contributed by atoms with Crippen molar-refractivity contribution in [1.82, 2.24) is 0 Å². The van der Waals surface area contributed by atoms with E-state index in [2.05, 4.69) is 13.8 Å². The molecule has 3 saturated carbocycles. The van der Waals surface area contributed by atoms with Crippen LogP contribution in [0.5, 0.6) is 0 Å². The molecule has 0 aromatic rings. The van der Waals surface area contributed by atoms with E-state index < -0.39 is 18.2 Å². The van der Waals surface area contributed by atoms with Gasteiger partial charge in [-0.3, -0.25) is 4.79 Å². The molecule has 1 aliphatic heterocycles. The predicted molar refractivity (Wildman–Crippen MR) is 131 cm³/mol. The summed E-state index contributed by atoms with van der Waals surface area (Å²) in [5.41, 5.74) is 1.63. The fraction of sp³-hybridized carbons (Fsp3) is 0.793. The van der Waals surface area contributed by atoms with Crippen molar-refractivity contribution in [3.8, 4) is 0 Å². The van der Waals surface area contributed by atoms with Gasteiger partial charge in [0.15, 0.2) is 5.78 Å². The van der Waals surface area contributed by atoms with E-state index in [1.54, 1.807) is 0 Å². The zero-order valence-electron chi connectivity index (χ0n) is 21.6. The first kappa shape index (κ1) is 25.2. The van der Waals surface area contributed by atoms with E-state index in [0.29, 0.717) is 17.9 Å². The van der Waals surface area contributed by atoms with Crippen LogP contribution in [0.15, 0.2) is 23.3 Å². The number of allylic oxidation sites excluding steroid dienone is 1. The van der Waals surface area contributed by atoms with Crippen LogP contribution >= 0.6 is 0 Å². The topological polar surface area (TPSA) is 104 Å². The fourth-order valence-electron chi connectivity index (χ4n) is 9.01. The summed E-state index contributed by atoms with van der Waals surface area (Å²) in [5, 5.41) is 32.5. The summed E-state index contributed by atoms with van der Waals surface area (Å²) in [6.07, 6.45) is 7.09. The maximum absolute atomic E-state index is 13.5.